The molecule has 1 fully saturated rings. The Hall–Kier alpha value is -2.04. The Morgan fingerprint density at radius 3 is 2.62 bits per heavy atom. The number of halogens is 2. The zero-order valence-electron chi connectivity index (χ0n) is 13.1. The molecule has 0 unspecified atom stereocenters. The molecule has 3 rings (SSSR count). The summed E-state index contributed by atoms with van der Waals surface area (Å²) in [5.74, 6) is -0.725. The summed E-state index contributed by atoms with van der Waals surface area (Å²) in [7, 11) is 0. The molecule has 4 nitrogen and oxygen atoms in total. The van der Waals surface area contributed by atoms with Crippen LogP contribution in [0.15, 0.2) is 42.5 Å². The second kappa shape index (κ2) is 6.83. The first-order chi connectivity index (χ1) is 11.5. The van der Waals surface area contributed by atoms with E-state index in [0.717, 1.165) is 5.56 Å². The molecule has 1 aliphatic rings. The van der Waals surface area contributed by atoms with Gasteiger partial charge in [0.15, 0.2) is 0 Å². The van der Waals surface area contributed by atoms with E-state index < -0.39 is 5.92 Å². The van der Waals surface area contributed by atoms with Crippen LogP contribution in [-0.2, 0) is 9.59 Å². The van der Waals surface area contributed by atoms with Crippen molar-refractivity contribution in [1.82, 2.24) is 0 Å². The number of para-hydroxylation sites is 1. The van der Waals surface area contributed by atoms with Crippen LogP contribution in [-0.4, -0.2) is 18.4 Å². The molecular weight excluding hydrogens is 347 g/mol. The number of carbonyl (C=O) groups is 2. The van der Waals surface area contributed by atoms with Crippen LogP contribution in [0.5, 0.6) is 0 Å². The van der Waals surface area contributed by atoms with E-state index in [2.05, 4.69) is 5.32 Å². The van der Waals surface area contributed by atoms with Crippen molar-refractivity contribution in [3.8, 4) is 0 Å². The SMILES string of the molecule is Cc1ccc(NC(=O)[C@H]2CC(=O)N(c3ccccc3Cl)C2)cc1Cl. The van der Waals surface area contributed by atoms with Gasteiger partial charge < -0.3 is 10.2 Å². The molecular formula is C18H16Cl2N2O2. The Bertz CT molecular complexity index is 807. The summed E-state index contributed by atoms with van der Waals surface area (Å²) < 4.78 is 0. The van der Waals surface area contributed by atoms with Gasteiger partial charge in [0, 0.05) is 23.7 Å². The van der Waals surface area contributed by atoms with Gasteiger partial charge in [-0.15, -0.1) is 0 Å². The number of nitrogens with one attached hydrogen (secondary N) is 1. The highest BCUT2D eigenvalue weighted by Gasteiger charge is 2.35. The van der Waals surface area contributed by atoms with Crippen molar-refractivity contribution in [2.45, 2.75) is 13.3 Å². The highest BCUT2D eigenvalue weighted by atomic mass is 35.5. The number of hydrogen-bond donors (Lipinski definition) is 1. The number of anilines is 2. The fourth-order valence-electron chi connectivity index (χ4n) is 2.70. The molecule has 124 valence electrons. The van der Waals surface area contributed by atoms with Crippen LogP contribution in [0.2, 0.25) is 10.0 Å². The van der Waals surface area contributed by atoms with Gasteiger partial charge >= 0.3 is 0 Å². The third kappa shape index (κ3) is 3.40. The molecule has 0 aromatic heterocycles. The first kappa shape index (κ1) is 16.8. The first-order valence-electron chi connectivity index (χ1n) is 7.57. The highest BCUT2D eigenvalue weighted by Crippen LogP contribution is 2.31. The third-order valence-electron chi connectivity index (χ3n) is 4.08. The highest BCUT2D eigenvalue weighted by molar-refractivity contribution is 6.34. The number of nitrogens with zero attached hydrogens (tertiary/aromatic N) is 1. The summed E-state index contributed by atoms with van der Waals surface area (Å²) in [5, 5.41) is 3.91. The molecule has 0 saturated carbocycles. The summed E-state index contributed by atoms with van der Waals surface area (Å²) >= 11 is 12.2. The Balaban J connectivity index is 1.72. The van der Waals surface area contributed by atoms with Crippen LogP contribution < -0.4 is 10.2 Å². The smallest absolute Gasteiger partial charge is 0.229 e. The van der Waals surface area contributed by atoms with Gasteiger partial charge in [0.2, 0.25) is 11.8 Å². The minimum absolute atomic E-state index is 0.106. The standard InChI is InChI=1S/C18H16Cl2N2O2/c1-11-6-7-13(9-15(11)20)21-18(24)12-8-17(23)22(10-12)16-5-3-2-4-14(16)19/h2-7,9,12H,8,10H2,1H3,(H,21,24)/t12-/m0/s1. The molecule has 1 N–H and O–H groups in total. The number of benzene rings is 2. The molecule has 2 amide bonds. The Kier molecular flexibility index (Phi) is 4.78. The molecule has 2 aromatic carbocycles. The molecule has 0 radical (unpaired) electrons. The second-order valence-electron chi connectivity index (χ2n) is 5.81. The average molecular weight is 363 g/mol. The van der Waals surface area contributed by atoms with Gasteiger partial charge in [-0.1, -0.05) is 41.4 Å². The lowest BCUT2D eigenvalue weighted by atomic mass is 10.1. The predicted molar refractivity (Wildman–Crippen MR) is 96.7 cm³/mol. The summed E-state index contributed by atoms with van der Waals surface area (Å²) in [4.78, 5) is 26.3. The lowest BCUT2D eigenvalue weighted by Crippen LogP contribution is -2.28. The minimum Gasteiger partial charge on any atom is -0.326 e. The van der Waals surface area contributed by atoms with Gasteiger partial charge in [0.1, 0.15) is 0 Å². The summed E-state index contributed by atoms with van der Waals surface area (Å²) in [6, 6.07) is 12.5. The normalized spacial score (nSPS) is 17.2. The quantitative estimate of drug-likeness (QED) is 0.884. The monoisotopic (exact) mass is 362 g/mol. The maximum atomic E-state index is 12.5. The van der Waals surface area contributed by atoms with E-state index in [0.29, 0.717) is 28.0 Å². The van der Waals surface area contributed by atoms with E-state index >= 15 is 0 Å². The van der Waals surface area contributed by atoms with Crippen molar-refractivity contribution < 1.29 is 9.59 Å². The van der Waals surface area contributed by atoms with Crippen LogP contribution in [0, 0.1) is 12.8 Å². The summed E-state index contributed by atoms with van der Waals surface area (Å²) in [6.45, 7) is 2.21. The first-order valence-corrected chi connectivity index (χ1v) is 8.33. The van der Waals surface area contributed by atoms with Crippen molar-refractivity contribution in [2.24, 2.45) is 5.92 Å². The maximum absolute atomic E-state index is 12.5. The van der Waals surface area contributed by atoms with E-state index in [4.69, 9.17) is 23.2 Å². The summed E-state index contributed by atoms with van der Waals surface area (Å²) in [6.07, 6.45) is 0.163. The fourth-order valence-corrected chi connectivity index (χ4v) is 3.12. The van der Waals surface area contributed by atoms with Crippen molar-refractivity contribution >= 4 is 46.4 Å². The second-order valence-corrected chi connectivity index (χ2v) is 6.62. The molecule has 24 heavy (non-hydrogen) atoms. The Morgan fingerprint density at radius 2 is 1.92 bits per heavy atom. The molecule has 0 spiro atoms. The maximum Gasteiger partial charge on any atom is 0.229 e. The summed E-state index contributed by atoms with van der Waals surface area (Å²) in [5.41, 5.74) is 2.20. The third-order valence-corrected chi connectivity index (χ3v) is 4.81. The van der Waals surface area contributed by atoms with E-state index in [9.17, 15) is 9.59 Å². The van der Waals surface area contributed by atoms with Crippen molar-refractivity contribution in [3.05, 3.63) is 58.1 Å². The van der Waals surface area contributed by atoms with Crippen molar-refractivity contribution in [3.63, 3.8) is 0 Å². The lowest BCUT2D eigenvalue weighted by molar-refractivity contribution is -0.122. The van der Waals surface area contributed by atoms with Gasteiger partial charge in [0.05, 0.1) is 16.6 Å². The molecule has 1 saturated heterocycles. The largest absolute Gasteiger partial charge is 0.326 e. The van der Waals surface area contributed by atoms with Crippen LogP contribution in [0.25, 0.3) is 0 Å². The molecule has 1 aliphatic heterocycles. The van der Waals surface area contributed by atoms with Gasteiger partial charge in [-0.25, -0.2) is 0 Å². The zero-order valence-corrected chi connectivity index (χ0v) is 14.6. The van der Waals surface area contributed by atoms with Crippen LogP contribution in [0.4, 0.5) is 11.4 Å². The Morgan fingerprint density at radius 1 is 1.17 bits per heavy atom. The molecule has 0 bridgehead atoms. The van der Waals surface area contributed by atoms with E-state index in [1.807, 2.05) is 19.1 Å². The number of rotatable bonds is 3. The van der Waals surface area contributed by atoms with Crippen molar-refractivity contribution in [2.75, 3.05) is 16.8 Å². The van der Waals surface area contributed by atoms with Gasteiger partial charge in [-0.2, -0.15) is 0 Å². The number of carbonyl (C=O) groups excluding carboxylic acids is 2. The molecule has 0 aliphatic carbocycles. The number of amides is 2. The number of hydrogen-bond acceptors (Lipinski definition) is 2. The van der Waals surface area contributed by atoms with E-state index in [1.54, 1.807) is 35.2 Å². The van der Waals surface area contributed by atoms with Gasteiger partial charge in [-0.3, -0.25) is 9.59 Å². The molecule has 1 atom stereocenters. The number of aryl methyl sites for hydroxylation is 1. The zero-order chi connectivity index (χ0) is 17.3. The minimum atomic E-state index is -0.422. The average Bonchev–Trinajstić information content (AvgIpc) is 2.93. The van der Waals surface area contributed by atoms with Crippen LogP contribution in [0.1, 0.15) is 12.0 Å². The molecule has 2 aromatic rings. The van der Waals surface area contributed by atoms with E-state index in [1.165, 1.54) is 0 Å². The predicted octanol–water partition coefficient (Wildman–Crippen LogP) is 4.29. The van der Waals surface area contributed by atoms with Crippen LogP contribution >= 0.6 is 23.2 Å². The van der Waals surface area contributed by atoms with E-state index in [-0.39, 0.29) is 18.2 Å². The van der Waals surface area contributed by atoms with Crippen molar-refractivity contribution in [1.29, 1.82) is 0 Å². The molecule has 6 heteroatoms. The fraction of sp³-hybridized carbons (Fsp3) is 0.222. The Labute approximate surface area is 150 Å². The van der Waals surface area contributed by atoms with Gasteiger partial charge in [-0.05, 0) is 36.8 Å². The topological polar surface area (TPSA) is 49.4 Å². The lowest BCUT2D eigenvalue weighted by Gasteiger charge is -2.18. The van der Waals surface area contributed by atoms with Gasteiger partial charge in [0.25, 0.3) is 0 Å². The van der Waals surface area contributed by atoms with Crippen LogP contribution in [0.3, 0.4) is 0 Å². The molecule has 1 heterocycles.